The first-order valence-corrected chi connectivity index (χ1v) is 6.71. The molecule has 0 radical (unpaired) electrons. The van der Waals surface area contributed by atoms with Crippen molar-refractivity contribution in [3.63, 3.8) is 0 Å². The van der Waals surface area contributed by atoms with E-state index in [-0.39, 0.29) is 5.78 Å². The zero-order valence-corrected chi connectivity index (χ0v) is 12.1. The second kappa shape index (κ2) is 7.07. The summed E-state index contributed by atoms with van der Waals surface area (Å²) >= 11 is 0. The normalized spacial score (nSPS) is 12.3. The van der Waals surface area contributed by atoms with Gasteiger partial charge in [0.15, 0.2) is 0 Å². The van der Waals surface area contributed by atoms with Crippen LogP contribution in [0.5, 0.6) is 0 Å². The maximum atomic E-state index is 11.7. The fraction of sp³-hybridized carbons (Fsp3) is 0.500. The van der Waals surface area contributed by atoms with Crippen molar-refractivity contribution in [2.45, 2.75) is 40.0 Å². The molecule has 104 valence electrons. The Morgan fingerprint density at radius 1 is 1.16 bits per heavy atom. The monoisotopic (exact) mass is 262 g/mol. The van der Waals surface area contributed by atoms with E-state index < -0.39 is 11.9 Å². The van der Waals surface area contributed by atoms with E-state index in [0.717, 1.165) is 5.56 Å². The maximum absolute atomic E-state index is 11.7. The van der Waals surface area contributed by atoms with Gasteiger partial charge >= 0.3 is 5.97 Å². The van der Waals surface area contributed by atoms with Gasteiger partial charge in [-0.1, -0.05) is 38.1 Å². The van der Waals surface area contributed by atoms with Crippen LogP contribution in [0.3, 0.4) is 0 Å². The number of ether oxygens (including phenoxy) is 1. The van der Waals surface area contributed by atoms with Crippen LogP contribution in [0.2, 0.25) is 0 Å². The van der Waals surface area contributed by atoms with Crippen molar-refractivity contribution in [3.05, 3.63) is 35.4 Å². The van der Waals surface area contributed by atoms with Gasteiger partial charge in [-0.05, 0) is 37.3 Å². The molecule has 0 unspecified atom stereocenters. The van der Waals surface area contributed by atoms with Crippen molar-refractivity contribution < 1.29 is 14.3 Å². The molecule has 0 amide bonds. The molecule has 1 atom stereocenters. The number of rotatable bonds is 6. The summed E-state index contributed by atoms with van der Waals surface area (Å²) < 4.78 is 4.94. The highest BCUT2D eigenvalue weighted by molar-refractivity contribution is 5.97. The molecule has 19 heavy (non-hydrogen) atoms. The van der Waals surface area contributed by atoms with Crippen LogP contribution in [0.15, 0.2) is 24.3 Å². The first-order chi connectivity index (χ1) is 8.95. The molecular formula is C16H22O3. The smallest absolute Gasteiger partial charge is 0.316 e. The van der Waals surface area contributed by atoms with Crippen molar-refractivity contribution in [2.75, 3.05) is 6.61 Å². The van der Waals surface area contributed by atoms with Gasteiger partial charge in [0.25, 0.3) is 0 Å². The van der Waals surface area contributed by atoms with Crippen LogP contribution in [0.1, 0.15) is 44.7 Å². The summed E-state index contributed by atoms with van der Waals surface area (Å²) in [7, 11) is 0. The highest BCUT2D eigenvalue weighted by Gasteiger charge is 2.24. The average molecular weight is 262 g/mol. The van der Waals surface area contributed by atoms with Gasteiger partial charge in [-0.3, -0.25) is 9.59 Å². The van der Waals surface area contributed by atoms with E-state index in [1.165, 1.54) is 12.5 Å². The van der Waals surface area contributed by atoms with Crippen LogP contribution in [0.4, 0.5) is 0 Å². The molecule has 0 heterocycles. The number of Topliss-reactive ketones (excluding diaryl/α,β-unsaturated/α-hetero) is 1. The fourth-order valence-corrected chi connectivity index (χ4v) is 1.91. The summed E-state index contributed by atoms with van der Waals surface area (Å²) in [5.41, 5.74) is 2.23. The molecule has 0 saturated heterocycles. The minimum absolute atomic E-state index is 0.147. The van der Waals surface area contributed by atoms with Gasteiger partial charge in [0.05, 0.1) is 6.61 Å². The third-order valence-electron chi connectivity index (χ3n) is 3.15. The van der Waals surface area contributed by atoms with Crippen molar-refractivity contribution in [1.82, 2.24) is 0 Å². The van der Waals surface area contributed by atoms with E-state index >= 15 is 0 Å². The van der Waals surface area contributed by atoms with Crippen molar-refractivity contribution in [3.8, 4) is 0 Å². The lowest BCUT2D eigenvalue weighted by atomic mass is 9.94. The summed E-state index contributed by atoms with van der Waals surface area (Å²) in [6, 6.07) is 8.04. The molecule has 3 heteroatoms. The fourth-order valence-electron chi connectivity index (χ4n) is 1.91. The molecule has 0 fully saturated rings. The van der Waals surface area contributed by atoms with Crippen LogP contribution in [-0.4, -0.2) is 18.4 Å². The molecule has 0 N–H and O–H groups in total. The summed E-state index contributed by atoms with van der Waals surface area (Å²) in [6.07, 6.45) is 0.409. The van der Waals surface area contributed by atoms with Gasteiger partial charge in [-0.2, -0.15) is 0 Å². The molecule has 0 aromatic heterocycles. The lowest BCUT2D eigenvalue weighted by Gasteiger charge is -2.13. The Hall–Kier alpha value is -1.64. The minimum atomic E-state index is -0.690. The van der Waals surface area contributed by atoms with Gasteiger partial charge in [0, 0.05) is 0 Å². The van der Waals surface area contributed by atoms with Crippen LogP contribution in [-0.2, 0) is 20.7 Å². The quantitative estimate of drug-likeness (QED) is 0.584. The Balaban J connectivity index is 2.79. The summed E-state index contributed by atoms with van der Waals surface area (Å²) in [6.45, 7) is 7.74. The molecule has 0 aliphatic heterocycles. The topological polar surface area (TPSA) is 43.4 Å². The van der Waals surface area contributed by atoms with Gasteiger partial charge in [-0.15, -0.1) is 0 Å². The van der Waals surface area contributed by atoms with Crippen molar-refractivity contribution in [1.29, 1.82) is 0 Å². The molecule has 0 bridgehead atoms. The predicted molar refractivity (Wildman–Crippen MR) is 75.0 cm³/mol. The van der Waals surface area contributed by atoms with E-state index in [4.69, 9.17) is 4.74 Å². The van der Waals surface area contributed by atoms with Gasteiger partial charge in [0.1, 0.15) is 11.7 Å². The molecule has 1 aromatic carbocycles. The molecule has 1 rings (SSSR count). The Morgan fingerprint density at radius 2 is 1.74 bits per heavy atom. The van der Waals surface area contributed by atoms with E-state index in [1.807, 2.05) is 24.3 Å². The van der Waals surface area contributed by atoms with Gasteiger partial charge in [-0.25, -0.2) is 0 Å². The number of hydrogen-bond donors (Lipinski definition) is 0. The van der Waals surface area contributed by atoms with E-state index in [2.05, 4.69) is 13.8 Å². The van der Waals surface area contributed by atoms with Gasteiger partial charge < -0.3 is 4.74 Å². The Morgan fingerprint density at radius 3 is 2.16 bits per heavy atom. The number of carbonyl (C=O) groups excluding carboxylic acids is 2. The molecule has 1 aromatic rings. The molecule has 3 nitrogen and oxygen atoms in total. The highest BCUT2D eigenvalue weighted by Crippen LogP contribution is 2.17. The summed E-state index contributed by atoms with van der Waals surface area (Å²) in [5, 5.41) is 0. The largest absolute Gasteiger partial charge is 0.465 e. The minimum Gasteiger partial charge on any atom is -0.465 e. The van der Waals surface area contributed by atoms with Crippen molar-refractivity contribution in [2.24, 2.45) is 5.92 Å². The Bertz CT molecular complexity index is 432. The first-order valence-electron chi connectivity index (χ1n) is 6.71. The number of benzene rings is 1. The zero-order valence-electron chi connectivity index (χ0n) is 12.1. The molecular weight excluding hydrogens is 240 g/mol. The third-order valence-corrected chi connectivity index (χ3v) is 3.15. The van der Waals surface area contributed by atoms with E-state index in [9.17, 15) is 9.59 Å². The Kier molecular flexibility index (Phi) is 5.74. The summed E-state index contributed by atoms with van der Waals surface area (Å²) in [5.74, 6) is -0.790. The predicted octanol–water partition coefficient (Wildman–Crippen LogP) is 3.12. The number of esters is 1. The van der Waals surface area contributed by atoms with Crippen molar-refractivity contribution >= 4 is 11.8 Å². The first kappa shape index (κ1) is 15.4. The van der Waals surface area contributed by atoms with Crippen LogP contribution in [0.25, 0.3) is 0 Å². The lowest BCUT2D eigenvalue weighted by molar-refractivity contribution is -0.151. The van der Waals surface area contributed by atoms with Crippen LogP contribution < -0.4 is 0 Å². The molecule has 0 spiro atoms. The zero-order chi connectivity index (χ0) is 14.4. The second-order valence-corrected chi connectivity index (χ2v) is 5.02. The Labute approximate surface area is 115 Å². The maximum Gasteiger partial charge on any atom is 0.316 e. The lowest BCUT2D eigenvalue weighted by Crippen LogP contribution is -2.26. The SMILES string of the molecule is CCOC(=O)[C@H](Cc1ccc(C(C)C)cc1)C(C)=O. The second-order valence-electron chi connectivity index (χ2n) is 5.02. The number of hydrogen-bond acceptors (Lipinski definition) is 3. The number of carbonyl (C=O) groups is 2. The molecule has 0 aliphatic carbocycles. The standard InChI is InChI=1S/C16H22O3/c1-5-19-16(18)15(12(4)17)10-13-6-8-14(9-7-13)11(2)3/h6-9,11,15H,5,10H2,1-4H3/t15-/m1/s1. The van der Waals surface area contributed by atoms with Crippen LogP contribution >= 0.6 is 0 Å². The summed E-state index contributed by atoms with van der Waals surface area (Å²) in [4.78, 5) is 23.3. The van der Waals surface area contributed by atoms with E-state index in [1.54, 1.807) is 6.92 Å². The molecule has 0 aliphatic rings. The van der Waals surface area contributed by atoms with Gasteiger partial charge in [0.2, 0.25) is 0 Å². The third kappa shape index (κ3) is 4.51. The highest BCUT2D eigenvalue weighted by atomic mass is 16.5. The molecule has 0 saturated carbocycles. The number of ketones is 1. The van der Waals surface area contributed by atoms with E-state index in [0.29, 0.717) is 18.9 Å². The van der Waals surface area contributed by atoms with Crippen LogP contribution in [0, 0.1) is 5.92 Å². The average Bonchev–Trinajstić information content (AvgIpc) is 2.36.